The number of carboxylic acids is 1. The molecule has 1 aliphatic heterocycles. The summed E-state index contributed by atoms with van der Waals surface area (Å²) in [4.78, 5) is 39.0. The van der Waals surface area contributed by atoms with E-state index in [2.05, 4.69) is 29.6 Å². The van der Waals surface area contributed by atoms with Gasteiger partial charge in [-0.1, -0.05) is 69.3 Å². The summed E-state index contributed by atoms with van der Waals surface area (Å²) in [7, 11) is 0. The number of aliphatic carboxylic acids is 1. The van der Waals surface area contributed by atoms with Crippen LogP contribution in [0, 0.1) is 17.8 Å². The zero-order chi connectivity index (χ0) is 25.1. The summed E-state index contributed by atoms with van der Waals surface area (Å²) in [6.07, 6.45) is -0.0860. The Kier molecular flexibility index (Phi) is 7.43. The number of likely N-dealkylation sites (tertiary alicyclic amines) is 1. The number of rotatable bonds is 8. The molecule has 2 N–H and O–H groups in total. The minimum Gasteiger partial charge on any atom is -0.481 e. The van der Waals surface area contributed by atoms with Crippen LogP contribution in [0.5, 0.6) is 0 Å². The first-order valence-corrected chi connectivity index (χ1v) is 12.4. The summed E-state index contributed by atoms with van der Waals surface area (Å²) in [5.74, 6) is -0.871. The number of fused-ring (bicyclic) bond motifs is 3. The Hall–Kier alpha value is -3.35. The van der Waals surface area contributed by atoms with Crippen molar-refractivity contribution in [1.82, 2.24) is 10.2 Å². The van der Waals surface area contributed by atoms with Crippen molar-refractivity contribution in [3.63, 3.8) is 0 Å². The van der Waals surface area contributed by atoms with Crippen molar-refractivity contribution in [3.8, 4) is 11.1 Å². The maximum absolute atomic E-state index is 13.3. The molecule has 2 aromatic carbocycles. The molecule has 2 amide bonds. The molecule has 35 heavy (non-hydrogen) atoms. The average molecular weight is 479 g/mol. The van der Waals surface area contributed by atoms with Crippen LogP contribution in [-0.2, 0) is 14.3 Å². The van der Waals surface area contributed by atoms with E-state index < -0.39 is 18.1 Å². The molecule has 0 bridgehead atoms. The molecule has 7 heteroatoms. The third kappa shape index (κ3) is 5.50. The fourth-order valence-electron chi connectivity index (χ4n) is 5.40. The van der Waals surface area contributed by atoms with Crippen LogP contribution >= 0.6 is 0 Å². The van der Waals surface area contributed by atoms with Gasteiger partial charge in [-0.25, -0.2) is 4.79 Å². The Morgan fingerprint density at radius 1 is 1.03 bits per heavy atom. The summed E-state index contributed by atoms with van der Waals surface area (Å²) >= 11 is 0. The van der Waals surface area contributed by atoms with Gasteiger partial charge in [0.2, 0.25) is 5.91 Å². The van der Waals surface area contributed by atoms with Crippen molar-refractivity contribution in [2.75, 3.05) is 19.7 Å². The number of alkyl carbamates (subject to hydrolysis) is 1. The van der Waals surface area contributed by atoms with Gasteiger partial charge in [0.25, 0.3) is 0 Å². The first-order chi connectivity index (χ1) is 16.7. The largest absolute Gasteiger partial charge is 0.481 e. The third-order valence-electron chi connectivity index (χ3n) is 7.16. The highest BCUT2D eigenvalue weighted by molar-refractivity contribution is 5.86. The van der Waals surface area contributed by atoms with E-state index in [-0.39, 0.29) is 42.6 Å². The summed E-state index contributed by atoms with van der Waals surface area (Å²) in [6.45, 7) is 7.05. The van der Waals surface area contributed by atoms with E-state index in [1.807, 2.05) is 45.0 Å². The summed E-state index contributed by atoms with van der Waals surface area (Å²) in [6, 6.07) is 15.6. The molecule has 1 aliphatic carbocycles. The predicted molar refractivity (Wildman–Crippen MR) is 133 cm³/mol. The fraction of sp³-hybridized carbons (Fsp3) is 0.464. The second-order valence-electron chi connectivity index (χ2n) is 10.2. The first kappa shape index (κ1) is 24.8. The minimum atomic E-state index is -0.855. The van der Waals surface area contributed by atoms with Crippen LogP contribution in [0.2, 0.25) is 0 Å². The molecule has 1 fully saturated rings. The number of ether oxygens (including phenoxy) is 1. The molecule has 3 atom stereocenters. The predicted octanol–water partition coefficient (Wildman–Crippen LogP) is 4.51. The van der Waals surface area contributed by atoms with E-state index in [9.17, 15) is 14.4 Å². The monoisotopic (exact) mass is 478 g/mol. The van der Waals surface area contributed by atoms with Crippen molar-refractivity contribution in [2.24, 2.45) is 17.8 Å². The summed E-state index contributed by atoms with van der Waals surface area (Å²) < 4.78 is 5.66. The van der Waals surface area contributed by atoms with E-state index in [0.717, 1.165) is 22.3 Å². The van der Waals surface area contributed by atoms with Crippen LogP contribution in [0.4, 0.5) is 4.79 Å². The van der Waals surface area contributed by atoms with Crippen LogP contribution in [0.25, 0.3) is 11.1 Å². The Labute approximate surface area is 206 Å². The maximum atomic E-state index is 13.3. The zero-order valence-electron chi connectivity index (χ0n) is 20.6. The Bertz CT molecular complexity index is 1050. The quantitative estimate of drug-likeness (QED) is 0.582. The van der Waals surface area contributed by atoms with Gasteiger partial charge in [0.15, 0.2) is 0 Å². The minimum absolute atomic E-state index is 0.0413. The summed E-state index contributed by atoms with van der Waals surface area (Å²) in [5.41, 5.74) is 4.58. The normalized spacial score (nSPS) is 19.8. The van der Waals surface area contributed by atoms with Crippen molar-refractivity contribution >= 4 is 18.0 Å². The van der Waals surface area contributed by atoms with Crippen LogP contribution in [0.15, 0.2) is 48.5 Å². The molecule has 1 heterocycles. The highest BCUT2D eigenvalue weighted by atomic mass is 16.5. The van der Waals surface area contributed by atoms with Gasteiger partial charge >= 0.3 is 12.1 Å². The van der Waals surface area contributed by atoms with Gasteiger partial charge in [-0.2, -0.15) is 0 Å². The molecular weight excluding hydrogens is 444 g/mol. The van der Waals surface area contributed by atoms with Gasteiger partial charge in [-0.05, 0) is 46.4 Å². The van der Waals surface area contributed by atoms with E-state index in [4.69, 9.17) is 9.84 Å². The molecule has 0 aromatic heterocycles. The van der Waals surface area contributed by atoms with Crippen LogP contribution < -0.4 is 5.32 Å². The lowest BCUT2D eigenvalue weighted by atomic mass is 9.95. The van der Waals surface area contributed by atoms with Crippen molar-refractivity contribution in [2.45, 2.75) is 45.6 Å². The highest BCUT2D eigenvalue weighted by Crippen LogP contribution is 2.44. The highest BCUT2D eigenvalue weighted by Gasteiger charge is 2.37. The molecule has 0 radical (unpaired) electrons. The Morgan fingerprint density at radius 3 is 2.20 bits per heavy atom. The van der Waals surface area contributed by atoms with Gasteiger partial charge < -0.3 is 20.1 Å². The van der Waals surface area contributed by atoms with Gasteiger partial charge in [-0.15, -0.1) is 0 Å². The molecule has 0 saturated carbocycles. The van der Waals surface area contributed by atoms with Gasteiger partial charge in [0, 0.05) is 19.0 Å². The standard InChI is InChI=1S/C28H34N2O5/c1-17(2)12-25(27(33)30-14-18(3)19(15-30)13-26(31)32)29-28(34)35-16-24-22-10-6-4-8-20(22)21-9-5-7-11-23(21)24/h4-11,17-19,24-25H,12-16H2,1-3H3,(H,29,34)(H,31,32)/t18-,19-,25+/m1/s1. The number of hydrogen-bond donors (Lipinski definition) is 2. The lowest BCUT2D eigenvalue weighted by Crippen LogP contribution is -2.49. The molecule has 1 saturated heterocycles. The second kappa shape index (κ2) is 10.5. The first-order valence-electron chi connectivity index (χ1n) is 12.4. The topological polar surface area (TPSA) is 95.9 Å². The van der Waals surface area contributed by atoms with Crippen LogP contribution in [0.3, 0.4) is 0 Å². The van der Waals surface area contributed by atoms with Gasteiger partial charge in [-0.3, -0.25) is 9.59 Å². The Balaban J connectivity index is 1.41. The average Bonchev–Trinajstić information content (AvgIpc) is 3.33. The van der Waals surface area contributed by atoms with Crippen molar-refractivity contribution < 1.29 is 24.2 Å². The molecule has 2 aliphatic rings. The number of amides is 2. The smallest absolute Gasteiger partial charge is 0.407 e. The molecule has 186 valence electrons. The number of nitrogens with zero attached hydrogens (tertiary/aromatic N) is 1. The lowest BCUT2D eigenvalue weighted by Gasteiger charge is -2.26. The molecule has 4 rings (SSSR count). The van der Waals surface area contributed by atoms with Crippen molar-refractivity contribution in [1.29, 1.82) is 0 Å². The fourth-order valence-corrected chi connectivity index (χ4v) is 5.40. The van der Waals surface area contributed by atoms with Gasteiger partial charge in [0.1, 0.15) is 12.6 Å². The zero-order valence-corrected chi connectivity index (χ0v) is 20.6. The van der Waals surface area contributed by atoms with Crippen LogP contribution in [0.1, 0.15) is 50.7 Å². The number of hydrogen-bond acceptors (Lipinski definition) is 4. The SMILES string of the molecule is CC(C)C[C@H](NC(=O)OCC1c2ccccc2-c2ccccc21)C(=O)N1C[C@@H](CC(=O)O)[C@H](C)C1. The van der Waals surface area contributed by atoms with E-state index >= 15 is 0 Å². The molecule has 2 aromatic rings. The molecule has 0 spiro atoms. The molecule has 0 unspecified atom stereocenters. The number of benzene rings is 2. The maximum Gasteiger partial charge on any atom is 0.407 e. The third-order valence-corrected chi connectivity index (χ3v) is 7.16. The number of carbonyl (C=O) groups is 3. The number of nitrogens with one attached hydrogen (secondary N) is 1. The van der Waals surface area contributed by atoms with E-state index in [1.165, 1.54) is 0 Å². The Morgan fingerprint density at radius 2 is 1.63 bits per heavy atom. The van der Waals surface area contributed by atoms with Gasteiger partial charge in [0.05, 0.1) is 6.42 Å². The second-order valence-corrected chi connectivity index (χ2v) is 10.2. The number of carboxylic acid groups (broad SMARTS) is 1. The van der Waals surface area contributed by atoms with Crippen molar-refractivity contribution in [3.05, 3.63) is 59.7 Å². The lowest BCUT2D eigenvalue weighted by molar-refractivity contribution is -0.139. The number of carbonyl (C=O) groups excluding carboxylic acids is 2. The molecule has 7 nitrogen and oxygen atoms in total. The molecular formula is C28H34N2O5. The summed E-state index contributed by atoms with van der Waals surface area (Å²) in [5, 5.41) is 12.0. The van der Waals surface area contributed by atoms with E-state index in [0.29, 0.717) is 19.5 Å². The van der Waals surface area contributed by atoms with Crippen LogP contribution in [-0.4, -0.2) is 53.7 Å². The van der Waals surface area contributed by atoms with E-state index in [1.54, 1.807) is 4.90 Å².